The van der Waals surface area contributed by atoms with Crippen LogP contribution in [0, 0.1) is 5.82 Å². The number of aliphatic carboxylic acids is 1. The van der Waals surface area contributed by atoms with Crippen molar-refractivity contribution in [2.45, 2.75) is 38.1 Å². The molecule has 1 heterocycles. The second-order valence-corrected chi connectivity index (χ2v) is 6.55. The van der Waals surface area contributed by atoms with E-state index < -0.39 is 11.8 Å². The van der Waals surface area contributed by atoms with Crippen LogP contribution in [0.4, 0.5) is 4.39 Å². The highest BCUT2D eigenvalue weighted by molar-refractivity contribution is 5.96. The van der Waals surface area contributed by atoms with Crippen molar-refractivity contribution in [2.24, 2.45) is 0 Å². The Bertz CT molecular complexity index is 857. The fourth-order valence-corrected chi connectivity index (χ4v) is 3.47. The van der Waals surface area contributed by atoms with Gasteiger partial charge in [0.1, 0.15) is 18.0 Å². The van der Waals surface area contributed by atoms with Gasteiger partial charge in [0, 0.05) is 17.3 Å². The Morgan fingerprint density at radius 3 is 2.72 bits per heavy atom. The number of benzene rings is 1. The maximum Gasteiger partial charge on any atom is 0.323 e. The van der Waals surface area contributed by atoms with Crippen molar-refractivity contribution in [3.8, 4) is 5.69 Å². The van der Waals surface area contributed by atoms with Crippen LogP contribution in [0.25, 0.3) is 5.69 Å². The van der Waals surface area contributed by atoms with Gasteiger partial charge in [-0.2, -0.15) is 5.10 Å². The first-order valence-electron chi connectivity index (χ1n) is 8.44. The molecule has 0 saturated heterocycles. The van der Waals surface area contributed by atoms with Crippen molar-refractivity contribution in [1.82, 2.24) is 14.7 Å². The van der Waals surface area contributed by atoms with E-state index in [1.807, 2.05) is 0 Å². The number of rotatable bonds is 5. The molecular weight excluding hydrogens is 325 g/mol. The quantitative estimate of drug-likeness (QED) is 0.903. The van der Waals surface area contributed by atoms with Gasteiger partial charge in [-0.25, -0.2) is 9.07 Å². The van der Waals surface area contributed by atoms with Crippen LogP contribution in [0.1, 0.15) is 41.0 Å². The molecule has 1 amide bonds. The number of hydrogen-bond donors (Lipinski definition) is 1. The second-order valence-electron chi connectivity index (χ2n) is 6.55. The molecule has 2 aliphatic carbocycles. The Morgan fingerprint density at radius 2 is 2.04 bits per heavy atom. The van der Waals surface area contributed by atoms with Gasteiger partial charge in [0.25, 0.3) is 5.91 Å². The Morgan fingerprint density at radius 1 is 1.28 bits per heavy atom. The lowest BCUT2D eigenvalue weighted by Crippen LogP contribution is -2.38. The predicted octanol–water partition coefficient (Wildman–Crippen LogP) is 2.19. The molecule has 25 heavy (non-hydrogen) atoms. The van der Waals surface area contributed by atoms with E-state index >= 15 is 0 Å². The number of carbonyl (C=O) groups excluding carboxylic acids is 1. The molecule has 1 fully saturated rings. The molecule has 0 spiro atoms. The molecule has 130 valence electrons. The standard InChI is InChI=1S/C18H18FN3O3/c19-13-5-1-2-6-15(13)22-14-7-3-4-12(14)17(20-22)18(25)21(10-16(23)24)11-8-9-11/h1-2,5-6,11H,3-4,7-10H2,(H,23,24). The minimum absolute atomic E-state index is 0.0285. The van der Waals surface area contributed by atoms with E-state index in [-0.39, 0.29) is 24.2 Å². The summed E-state index contributed by atoms with van der Waals surface area (Å²) >= 11 is 0. The molecular formula is C18H18FN3O3. The van der Waals surface area contributed by atoms with E-state index in [1.165, 1.54) is 15.6 Å². The summed E-state index contributed by atoms with van der Waals surface area (Å²) in [7, 11) is 0. The van der Waals surface area contributed by atoms with Gasteiger partial charge < -0.3 is 10.0 Å². The van der Waals surface area contributed by atoms with Crippen LogP contribution in [-0.2, 0) is 17.6 Å². The maximum atomic E-state index is 14.2. The minimum atomic E-state index is -1.04. The molecule has 2 aliphatic rings. The van der Waals surface area contributed by atoms with Crippen molar-refractivity contribution in [2.75, 3.05) is 6.54 Å². The number of halogens is 1. The Labute approximate surface area is 143 Å². The number of carboxylic acid groups (broad SMARTS) is 1. The molecule has 4 rings (SSSR count). The zero-order chi connectivity index (χ0) is 17.6. The predicted molar refractivity (Wildman–Crippen MR) is 87.2 cm³/mol. The number of amides is 1. The molecule has 0 radical (unpaired) electrons. The van der Waals surface area contributed by atoms with Crippen LogP contribution >= 0.6 is 0 Å². The van der Waals surface area contributed by atoms with Crippen molar-refractivity contribution >= 4 is 11.9 Å². The number of carboxylic acids is 1. The Balaban J connectivity index is 1.76. The molecule has 1 aromatic carbocycles. The molecule has 0 bridgehead atoms. The summed E-state index contributed by atoms with van der Waals surface area (Å²) in [6.45, 7) is -0.329. The van der Waals surface area contributed by atoms with Crippen LogP contribution in [0.2, 0.25) is 0 Å². The van der Waals surface area contributed by atoms with Gasteiger partial charge in [0.2, 0.25) is 0 Å². The largest absolute Gasteiger partial charge is 0.480 e. The van der Waals surface area contributed by atoms with E-state index in [0.717, 1.165) is 36.9 Å². The zero-order valence-electron chi connectivity index (χ0n) is 13.6. The van der Waals surface area contributed by atoms with E-state index in [0.29, 0.717) is 12.1 Å². The van der Waals surface area contributed by atoms with E-state index in [2.05, 4.69) is 5.10 Å². The van der Waals surface area contributed by atoms with Gasteiger partial charge in [0.05, 0.1) is 0 Å². The average molecular weight is 343 g/mol. The van der Waals surface area contributed by atoms with Crippen molar-refractivity contribution < 1.29 is 19.1 Å². The SMILES string of the molecule is O=C(O)CN(C(=O)c1nn(-c2ccccc2F)c2c1CCC2)C1CC1. The highest BCUT2D eigenvalue weighted by atomic mass is 19.1. The monoisotopic (exact) mass is 343 g/mol. The smallest absolute Gasteiger partial charge is 0.323 e. The number of fused-ring (bicyclic) bond motifs is 1. The molecule has 7 heteroatoms. The van der Waals surface area contributed by atoms with Gasteiger partial charge >= 0.3 is 5.97 Å². The first-order chi connectivity index (χ1) is 12.1. The van der Waals surface area contributed by atoms with Crippen molar-refractivity contribution in [1.29, 1.82) is 0 Å². The maximum absolute atomic E-state index is 14.2. The van der Waals surface area contributed by atoms with Crippen molar-refractivity contribution in [3.63, 3.8) is 0 Å². The van der Waals surface area contributed by atoms with Gasteiger partial charge in [-0.3, -0.25) is 9.59 Å². The molecule has 2 aromatic rings. The van der Waals surface area contributed by atoms with Crippen LogP contribution < -0.4 is 0 Å². The summed E-state index contributed by atoms with van der Waals surface area (Å²) in [4.78, 5) is 25.4. The third-order valence-electron chi connectivity index (χ3n) is 4.77. The number of para-hydroxylation sites is 1. The summed E-state index contributed by atoms with van der Waals surface area (Å²) in [5.41, 5.74) is 2.25. The van der Waals surface area contributed by atoms with E-state index in [9.17, 15) is 14.0 Å². The third-order valence-corrected chi connectivity index (χ3v) is 4.77. The Hall–Kier alpha value is -2.70. The highest BCUT2D eigenvalue weighted by Crippen LogP contribution is 2.32. The Kier molecular flexibility index (Phi) is 3.78. The van der Waals surface area contributed by atoms with Crippen LogP contribution in [0.5, 0.6) is 0 Å². The van der Waals surface area contributed by atoms with Gasteiger partial charge in [-0.1, -0.05) is 12.1 Å². The van der Waals surface area contributed by atoms with Crippen LogP contribution in [0.15, 0.2) is 24.3 Å². The summed E-state index contributed by atoms with van der Waals surface area (Å²) in [6, 6.07) is 6.30. The second kappa shape index (κ2) is 5.98. The summed E-state index contributed by atoms with van der Waals surface area (Å²) < 4.78 is 15.7. The summed E-state index contributed by atoms with van der Waals surface area (Å²) in [5, 5.41) is 13.5. The number of carbonyl (C=O) groups is 2. The first kappa shape index (κ1) is 15.8. The van der Waals surface area contributed by atoms with E-state index in [4.69, 9.17) is 5.11 Å². The molecule has 0 unspecified atom stereocenters. The topological polar surface area (TPSA) is 75.4 Å². The number of nitrogens with zero attached hydrogens (tertiary/aromatic N) is 3. The summed E-state index contributed by atoms with van der Waals surface area (Å²) in [6.07, 6.45) is 3.94. The van der Waals surface area contributed by atoms with E-state index in [1.54, 1.807) is 18.2 Å². The summed E-state index contributed by atoms with van der Waals surface area (Å²) in [5.74, 6) is -1.80. The fraction of sp³-hybridized carbons (Fsp3) is 0.389. The molecule has 6 nitrogen and oxygen atoms in total. The van der Waals surface area contributed by atoms with Crippen LogP contribution in [0.3, 0.4) is 0 Å². The lowest BCUT2D eigenvalue weighted by molar-refractivity contribution is -0.137. The minimum Gasteiger partial charge on any atom is -0.480 e. The molecule has 1 saturated carbocycles. The van der Waals surface area contributed by atoms with Gasteiger partial charge in [-0.05, 0) is 44.2 Å². The lowest BCUT2D eigenvalue weighted by Gasteiger charge is -2.19. The molecule has 1 aromatic heterocycles. The number of hydrogen-bond acceptors (Lipinski definition) is 3. The van der Waals surface area contributed by atoms with Gasteiger partial charge in [-0.15, -0.1) is 0 Å². The average Bonchev–Trinajstić information content (AvgIpc) is 3.19. The molecule has 0 aliphatic heterocycles. The third kappa shape index (κ3) is 2.79. The molecule has 0 atom stereocenters. The van der Waals surface area contributed by atoms with Crippen LogP contribution in [-0.4, -0.2) is 44.3 Å². The highest BCUT2D eigenvalue weighted by Gasteiger charge is 2.38. The lowest BCUT2D eigenvalue weighted by atomic mass is 10.1. The van der Waals surface area contributed by atoms with Crippen molar-refractivity contribution in [3.05, 3.63) is 47.0 Å². The first-order valence-corrected chi connectivity index (χ1v) is 8.44. The van der Waals surface area contributed by atoms with Gasteiger partial charge in [0.15, 0.2) is 5.69 Å². The number of aromatic nitrogens is 2. The zero-order valence-corrected chi connectivity index (χ0v) is 13.6. The molecule has 1 N–H and O–H groups in total. The fourth-order valence-electron chi connectivity index (χ4n) is 3.47. The normalized spacial score (nSPS) is 15.9.